The summed E-state index contributed by atoms with van der Waals surface area (Å²) in [6.45, 7) is 15.6. The third kappa shape index (κ3) is 6.41. The van der Waals surface area contributed by atoms with Crippen molar-refractivity contribution in [1.82, 2.24) is 0 Å². The Hall–Kier alpha value is -0.820. The molecule has 0 amide bonds. The van der Waals surface area contributed by atoms with Crippen LogP contribution < -0.4 is 0 Å². The average Bonchev–Trinajstić information content (AvgIpc) is 2.60. The quantitative estimate of drug-likeness (QED) is 0.418. The lowest BCUT2D eigenvalue weighted by molar-refractivity contribution is -0.0390. The lowest BCUT2D eigenvalue weighted by atomic mass is 9.70. The minimum absolute atomic E-state index is 0.347. The average molecular weight is 361 g/mol. The van der Waals surface area contributed by atoms with Crippen molar-refractivity contribution in [3.63, 3.8) is 0 Å². The van der Waals surface area contributed by atoms with E-state index in [1.54, 1.807) is 0 Å². The van der Waals surface area contributed by atoms with Crippen molar-refractivity contribution in [3.05, 3.63) is 34.4 Å². The molecule has 0 saturated heterocycles. The molecule has 2 atom stereocenters. The van der Waals surface area contributed by atoms with E-state index in [2.05, 4.69) is 60.6 Å². The zero-order valence-corrected chi connectivity index (χ0v) is 18.6. The molecule has 1 nitrogen and oxygen atoms in total. The van der Waals surface area contributed by atoms with E-state index >= 15 is 0 Å². The van der Waals surface area contributed by atoms with Crippen LogP contribution in [0.1, 0.15) is 102 Å². The van der Waals surface area contributed by atoms with Crippen LogP contribution in [-0.2, 0) is 12.8 Å². The molecule has 1 N–H and O–H groups in total. The summed E-state index contributed by atoms with van der Waals surface area (Å²) in [6, 6.07) is 4.77. The number of aryl methyl sites for hydroxylation is 3. The van der Waals surface area contributed by atoms with Gasteiger partial charge in [0.05, 0.1) is 5.60 Å². The van der Waals surface area contributed by atoms with Crippen LogP contribution in [0.3, 0.4) is 0 Å². The second-order valence-electron chi connectivity index (χ2n) is 8.67. The van der Waals surface area contributed by atoms with Crippen LogP contribution in [0.4, 0.5) is 0 Å². The molecule has 0 aliphatic heterocycles. The van der Waals surface area contributed by atoms with Gasteiger partial charge >= 0.3 is 0 Å². The van der Waals surface area contributed by atoms with Gasteiger partial charge in [0.15, 0.2) is 0 Å². The van der Waals surface area contributed by atoms with Crippen molar-refractivity contribution in [1.29, 1.82) is 0 Å². The van der Waals surface area contributed by atoms with Crippen molar-refractivity contribution in [2.24, 2.45) is 11.8 Å². The Morgan fingerprint density at radius 1 is 0.885 bits per heavy atom. The smallest absolute Gasteiger partial charge is 0.0653 e. The van der Waals surface area contributed by atoms with Gasteiger partial charge in [-0.15, -0.1) is 0 Å². The van der Waals surface area contributed by atoms with E-state index in [1.807, 2.05) is 0 Å². The third-order valence-corrected chi connectivity index (χ3v) is 6.34. The summed E-state index contributed by atoms with van der Waals surface area (Å²) in [5.74, 6) is 0.960. The molecule has 1 aromatic carbocycles. The second-order valence-corrected chi connectivity index (χ2v) is 8.67. The zero-order chi connectivity index (χ0) is 19.7. The SMILES string of the molecule is CCCCC(C)(O)C(Cc1cc(C)c(CC)cc1C)C(CCC)CCC. The highest BCUT2D eigenvalue weighted by Gasteiger charge is 2.36. The molecule has 1 aromatic rings. The third-order valence-electron chi connectivity index (χ3n) is 6.34. The van der Waals surface area contributed by atoms with Crippen LogP contribution >= 0.6 is 0 Å². The fraction of sp³-hybridized carbons (Fsp3) is 0.760. The standard InChI is InChI=1S/C25H44O/c1-8-12-15-25(7,26)24(22(13-9-2)14-10-3)18-23-17-19(5)21(11-4)16-20(23)6/h16-17,22,24,26H,8-15,18H2,1-7H3. The molecule has 0 bridgehead atoms. The Bertz CT molecular complexity index is 523. The predicted octanol–water partition coefficient (Wildman–Crippen LogP) is 7.18. The molecule has 0 spiro atoms. The predicted molar refractivity (Wildman–Crippen MR) is 116 cm³/mol. The van der Waals surface area contributed by atoms with Gasteiger partial charge in [-0.2, -0.15) is 0 Å². The highest BCUT2D eigenvalue weighted by molar-refractivity contribution is 5.37. The summed E-state index contributed by atoms with van der Waals surface area (Å²) in [5, 5.41) is 11.5. The molecular formula is C25H44O. The van der Waals surface area contributed by atoms with Crippen LogP contribution in [-0.4, -0.2) is 10.7 Å². The van der Waals surface area contributed by atoms with Crippen molar-refractivity contribution in [2.75, 3.05) is 0 Å². The number of unbranched alkanes of at least 4 members (excludes halogenated alkanes) is 1. The maximum Gasteiger partial charge on any atom is 0.0653 e. The number of hydrogen-bond acceptors (Lipinski definition) is 1. The van der Waals surface area contributed by atoms with E-state index in [0.717, 1.165) is 32.1 Å². The first-order valence-corrected chi connectivity index (χ1v) is 11.1. The summed E-state index contributed by atoms with van der Waals surface area (Å²) in [4.78, 5) is 0. The summed E-state index contributed by atoms with van der Waals surface area (Å²) in [5.41, 5.74) is 5.13. The fourth-order valence-electron chi connectivity index (χ4n) is 4.68. The topological polar surface area (TPSA) is 20.2 Å². The molecule has 1 rings (SSSR count). The van der Waals surface area contributed by atoms with Gasteiger partial charge in [-0.25, -0.2) is 0 Å². The normalized spacial score (nSPS) is 15.3. The van der Waals surface area contributed by atoms with Crippen molar-refractivity contribution in [2.45, 2.75) is 112 Å². The van der Waals surface area contributed by atoms with E-state index in [4.69, 9.17) is 0 Å². The molecule has 0 fully saturated rings. The molecule has 150 valence electrons. The molecule has 0 aromatic heterocycles. The largest absolute Gasteiger partial charge is 0.390 e. The Balaban J connectivity index is 3.21. The monoisotopic (exact) mass is 360 g/mol. The molecule has 1 heteroatoms. The van der Waals surface area contributed by atoms with Gasteiger partial charge in [0.25, 0.3) is 0 Å². The number of benzene rings is 1. The van der Waals surface area contributed by atoms with Crippen molar-refractivity contribution in [3.8, 4) is 0 Å². The van der Waals surface area contributed by atoms with E-state index in [1.165, 1.54) is 47.9 Å². The first-order valence-electron chi connectivity index (χ1n) is 11.1. The van der Waals surface area contributed by atoms with E-state index < -0.39 is 5.60 Å². The van der Waals surface area contributed by atoms with E-state index in [9.17, 15) is 5.11 Å². The van der Waals surface area contributed by atoms with Crippen LogP contribution in [0.5, 0.6) is 0 Å². The van der Waals surface area contributed by atoms with Gasteiger partial charge in [-0.1, -0.05) is 78.4 Å². The van der Waals surface area contributed by atoms with Gasteiger partial charge in [0, 0.05) is 0 Å². The number of hydrogen-bond donors (Lipinski definition) is 1. The molecule has 26 heavy (non-hydrogen) atoms. The Kier molecular flexibility index (Phi) is 9.93. The maximum atomic E-state index is 11.5. The first-order chi connectivity index (χ1) is 12.3. The molecule has 0 saturated carbocycles. The van der Waals surface area contributed by atoms with Gasteiger partial charge in [0.1, 0.15) is 0 Å². The van der Waals surface area contributed by atoms with Gasteiger partial charge in [-0.05, 0) is 74.1 Å². The zero-order valence-electron chi connectivity index (χ0n) is 18.6. The number of aliphatic hydroxyl groups is 1. The van der Waals surface area contributed by atoms with Crippen LogP contribution in [0, 0.1) is 25.7 Å². The summed E-state index contributed by atoms with van der Waals surface area (Å²) in [7, 11) is 0. The molecule has 0 aliphatic rings. The second kappa shape index (κ2) is 11.1. The maximum absolute atomic E-state index is 11.5. The molecule has 2 unspecified atom stereocenters. The fourth-order valence-corrected chi connectivity index (χ4v) is 4.68. The molecule has 0 heterocycles. The van der Waals surface area contributed by atoms with Crippen LogP contribution in [0.25, 0.3) is 0 Å². The number of rotatable bonds is 12. The minimum Gasteiger partial charge on any atom is -0.390 e. The van der Waals surface area contributed by atoms with Crippen LogP contribution in [0.15, 0.2) is 12.1 Å². The first kappa shape index (κ1) is 23.2. The van der Waals surface area contributed by atoms with Gasteiger partial charge < -0.3 is 5.11 Å². The highest BCUT2D eigenvalue weighted by Crippen LogP contribution is 2.38. The lowest BCUT2D eigenvalue weighted by Crippen LogP contribution is -2.41. The molecule has 0 aliphatic carbocycles. The van der Waals surface area contributed by atoms with E-state index in [0.29, 0.717) is 11.8 Å². The summed E-state index contributed by atoms with van der Waals surface area (Å²) in [6.07, 6.45) is 10.2. The highest BCUT2D eigenvalue weighted by atomic mass is 16.3. The van der Waals surface area contributed by atoms with Crippen molar-refractivity contribution < 1.29 is 5.11 Å². The Labute approximate surface area is 163 Å². The van der Waals surface area contributed by atoms with E-state index in [-0.39, 0.29) is 0 Å². The minimum atomic E-state index is -0.575. The summed E-state index contributed by atoms with van der Waals surface area (Å²) >= 11 is 0. The van der Waals surface area contributed by atoms with Crippen molar-refractivity contribution >= 4 is 0 Å². The van der Waals surface area contributed by atoms with Gasteiger partial charge in [-0.3, -0.25) is 0 Å². The van der Waals surface area contributed by atoms with Gasteiger partial charge in [0.2, 0.25) is 0 Å². The Morgan fingerprint density at radius 3 is 1.92 bits per heavy atom. The lowest BCUT2D eigenvalue weighted by Gasteiger charge is -2.39. The molecular weight excluding hydrogens is 316 g/mol. The van der Waals surface area contributed by atoms with Crippen LogP contribution in [0.2, 0.25) is 0 Å². The Morgan fingerprint density at radius 2 is 1.42 bits per heavy atom. The summed E-state index contributed by atoms with van der Waals surface area (Å²) < 4.78 is 0. The molecule has 0 radical (unpaired) electrons.